The lowest BCUT2D eigenvalue weighted by molar-refractivity contribution is 0.385. The third kappa shape index (κ3) is 6.74. The first-order valence-corrected chi connectivity index (χ1v) is 7.53. The van der Waals surface area contributed by atoms with Crippen LogP contribution >= 0.6 is 0 Å². The zero-order valence-electron chi connectivity index (χ0n) is 11.5. The fourth-order valence-electron chi connectivity index (χ4n) is 2.88. The lowest BCUT2D eigenvalue weighted by Gasteiger charge is -2.20. The van der Waals surface area contributed by atoms with Crippen LogP contribution in [0.5, 0.6) is 0 Å². The van der Waals surface area contributed by atoms with Gasteiger partial charge in [0, 0.05) is 12.5 Å². The van der Waals surface area contributed by atoms with Gasteiger partial charge in [0.2, 0.25) is 0 Å². The van der Waals surface area contributed by atoms with Crippen LogP contribution in [-0.4, -0.2) is 12.6 Å². The van der Waals surface area contributed by atoms with E-state index in [-0.39, 0.29) is 0 Å². The van der Waals surface area contributed by atoms with Crippen LogP contribution in [0.1, 0.15) is 71.1 Å². The third-order valence-electron chi connectivity index (χ3n) is 3.95. The molecule has 0 aromatic heterocycles. The summed E-state index contributed by atoms with van der Waals surface area (Å²) < 4.78 is 0. The fraction of sp³-hybridized carbons (Fsp3) is 0.875. The van der Waals surface area contributed by atoms with Gasteiger partial charge in [0.15, 0.2) is 0 Å². The minimum Gasteiger partial charge on any atom is -0.314 e. The molecule has 1 rings (SSSR count). The van der Waals surface area contributed by atoms with Crippen LogP contribution < -0.4 is 5.32 Å². The van der Waals surface area contributed by atoms with Crippen LogP contribution in [-0.2, 0) is 0 Å². The minimum absolute atomic E-state index is 0.712. The number of unbranched alkanes of at least 4 members (excludes halogenated alkanes) is 1. The smallest absolute Gasteiger partial charge is 0.00866 e. The monoisotopic (exact) mass is 235 g/mol. The largest absolute Gasteiger partial charge is 0.314 e. The van der Waals surface area contributed by atoms with Gasteiger partial charge in [-0.05, 0) is 44.6 Å². The second-order valence-electron chi connectivity index (χ2n) is 5.48. The van der Waals surface area contributed by atoms with E-state index in [9.17, 15) is 0 Å². The van der Waals surface area contributed by atoms with Crippen LogP contribution in [0.15, 0.2) is 0 Å². The Labute approximate surface area is 108 Å². The number of terminal acetylenes is 1. The number of nitrogens with one attached hydrogen (secondary N) is 1. The molecule has 0 radical (unpaired) electrons. The predicted molar refractivity (Wildman–Crippen MR) is 76.0 cm³/mol. The lowest BCUT2D eigenvalue weighted by Crippen LogP contribution is -2.30. The Morgan fingerprint density at radius 3 is 2.71 bits per heavy atom. The maximum Gasteiger partial charge on any atom is 0.00866 e. The SMILES string of the molecule is C#CCCCC(CCC1CCCC1)NCCC. The molecule has 0 spiro atoms. The second-order valence-corrected chi connectivity index (χ2v) is 5.48. The summed E-state index contributed by atoms with van der Waals surface area (Å²) in [5.74, 6) is 3.77. The number of hydrogen-bond donors (Lipinski definition) is 1. The van der Waals surface area contributed by atoms with Gasteiger partial charge in [0.25, 0.3) is 0 Å². The predicted octanol–water partition coefficient (Wildman–Crippen LogP) is 4.13. The van der Waals surface area contributed by atoms with Crippen molar-refractivity contribution in [2.75, 3.05) is 6.54 Å². The molecule has 0 heterocycles. The summed E-state index contributed by atoms with van der Waals surface area (Å²) in [5.41, 5.74) is 0. The Hall–Kier alpha value is -0.480. The average Bonchev–Trinajstić information content (AvgIpc) is 2.85. The van der Waals surface area contributed by atoms with Crippen LogP contribution in [0.25, 0.3) is 0 Å². The third-order valence-corrected chi connectivity index (χ3v) is 3.95. The number of hydrogen-bond acceptors (Lipinski definition) is 1. The van der Waals surface area contributed by atoms with E-state index in [0.29, 0.717) is 6.04 Å². The summed E-state index contributed by atoms with van der Waals surface area (Å²) in [5, 5.41) is 3.68. The van der Waals surface area contributed by atoms with Crippen molar-refractivity contribution in [3.63, 3.8) is 0 Å². The minimum atomic E-state index is 0.712. The quantitative estimate of drug-likeness (QED) is 0.468. The van der Waals surface area contributed by atoms with Gasteiger partial charge >= 0.3 is 0 Å². The molecule has 98 valence electrons. The van der Waals surface area contributed by atoms with Crippen molar-refractivity contribution in [2.24, 2.45) is 5.92 Å². The molecule has 0 amide bonds. The molecule has 1 aliphatic carbocycles. The number of rotatable bonds is 9. The van der Waals surface area contributed by atoms with E-state index in [0.717, 1.165) is 18.9 Å². The van der Waals surface area contributed by atoms with Gasteiger partial charge in [-0.25, -0.2) is 0 Å². The fourth-order valence-corrected chi connectivity index (χ4v) is 2.88. The molecular weight excluding hydrogens is 206 g/mol. The summed E-state index contributed by atoms with van der Waals surface area (Å²) in [4.78, 5) is 0. The van der Waals surface area contributed by atoms with Crippen LogP contribution in [0.2, 0.25) is 0 Å². The highest BCUT2D eigenvalue weighted by Gasteiger charge is 2.16. The molecule has 17 heavy (non-hydrogen) atoms. The van der Waals surface area contributed by atoms with Gasteiger partial charge in [-0.2, -0.15) is 0 Å². The molecule has 1 fully saturated rings. The molecule has 0 bridgehead atoms. The van der Waals surface area contributed by atoms with Gasteiger partial charge in [0.05, 0.1) is 0 Å². The summed E-state index contributed by atoms with van der Waals surface area (Å²) in [6.07, 6.45) is 18.6. The van der Waals surface area contributed by atoms with Crippen molar-refractivity contribution >= 4 is 0 Å². The molecule has 1 nitrogen and oxygen atoms in total. The molecule has 1 heteroatoms. The molecular formula is C16H29N. The van der Waals surface area contributed by atoms with Gasteiger partial charge < -0.3 is 5.32 Å². The molecule has 1 N–H and O–H groups in total. The maximum atomic E-state index is 5.32. The Morgan fingerprint density at radius 2 is 2.06 bits per heavy atom. The van der Waals surface area contributed by atoms with Crippen LogP contribution in [0.3, 0.4) is 0 Å². The molecule has 0 aromatic carbocycles. The Balaban J connectivity index is 2.16. The van der Waals surface area contributed by atoms with Gasteiger partial charge in [-0.1, -0.05) is 32.6 Å². The lowest BCUT2D eigenvalue weighted by atomic mass is 9.96. The highest BCUT2D eigenvalue weighted by molar-refractivity contribution is 4.84. The Morgan fingerprint density at radius 1 is 1.29 bits per heavy atom. The van der Waals surface area contributed by atoms with E-state index >= 15 is 0 Å². The molecule has 1 aliphatic rings. The van der Waals surface area contributed by atoms with Crippen molar-refractivity contribution in [3.05, 3.63) is 0 Å². The molecule has 1 unspecified atom stereocenters. The van der Waals surface area contributed by atoms with Crippen molar-refractivity contribution in [1.82, 2.24) is 5.32 Å². The van der Waals surface area contributed by atoms with Gasteiger partial charge in [-0.3, -0.25) is 0 Å². The Kier molecular flexibility index (Phi) is 8.18. The van der Waals surface area contributed by atoms with Crippen molar-refractivity contribution < 1.29 is 0 Å². The average molecular weight is 235 g/mol. The highest BCUT2D eigenvalue weighted by atomic mass is 14.9. The maximum absolute atomic E-state index is 5.32. The van der Waals surface area contributed by atoms with E-state index in [1.807, 2.05) is 0 Å². The normalized spacial score (nSPS) is 18.1. The molecule has 1 saturated carbocycles. The summed E-state index contributed by atoms with van der Waals surface area (Å²) >= 11 is 0. The molecule has 1 atom stereocenters. The van der Waals surface area contributed by atoms with E-state index < -0.39 is 0 Å². The second kappa shape index (κ2) is 9.54. The van der Waals surface area contributed by atoms with Gasteiger partial charge in [0.1, 0.15) is 0 Å². The van der Waals surface area contributed by atoms with Gasteiger partial charge in [-0.15, -0.1) is 12.3 Å². The highest BCUT2D eigenvalue weighted by Crippen LogP contribution is 2.29. The molecule has 0 saturated heterocycles. The first kappa shape index (κ1) is 14.6. The summed E-state index contributed by atoms with van der Waals surface area (Å²) in [7, 11) is 0. The van der Waals surface area contributed by atoms with Crippen molar-refractivity contribution in [2.45, 2.75) is 77.2 Å². The Bertz CT molecular complexity index is 210. The van der Waals surface area contributed by atoms with E-state index in [1.165, 1.54) is 57.8 Å². The van der Waals surface area contributed by atoms with E-state index in [4.69, 9.17) is 6.42 Å². The summed E-state index contributed by atoms with van der Waals surface area (Å²) in [6.45, 7) is 3.40. The van der Waals surface area contributed by atoms with Crippen LogP contribution in [0, 0.1) is 18.3 Å². The first-order valence-electron chi connectivity index (χ1n) is 7.53. The zero-order valence-corrected chi connectivity index (χ0v) is 11.5. The standard InChI is InChI=1S/C16H29N/c1-3-5-6-11-16(17-14-4-2)13-12-15-9-7-8-10-15/h1,15-17H,4-14H2,2H3. The van der Waals surface area contributed by atoms with Crippen molar-refractivity contribution in [1.29, 1.82) is 0 Å². The topological polar surface area (TPSA) is 12.0 Å². The van der Waals surface area contributed by atoms with E-state index in [2.05, 4.69) is 18.2 Å². The molecule has 0 aromatic rings. The zero-order chi connectivity index (χ0) is 12.3. The van der Waals surface area contributed by atoms with E-state index in [1.54, 1.807) is 0 Å². The summed E-state index contributed by atoms with van der Waals surface area (Å²) in [6, 6.07) is 0.712. The van der Waals surface area contributed by atoms with Crippen LogP contribution in [0.4, 0.5) is 0 Å². The molecule has 0 aliphatic heterocycles. The van der Waals surface area contributed by atoms with Crippen molar-refractivity contribution in [3.8, 4) is 12.3 Å². The first-order chi connectivity index (χ1) is 8.36.